The molecule has 1 rings (SSSR count). The summed E-state index contributed by atoms with van der Waals surface area (Å²) in [6.07, 6.45) is 1.77. The molecule has 0 aliphatic heterocycles. The highest BCUT2D eigenvalue weighted by molar-refractivity contribution is 5.76. The third-order valence-electron chi connectivity index (χ3n) is 4.42. The van der Waals surface area contributed by atoms with Gasteiger partial charge in [0.05, 0.1) is 26.1 Å². The van der Waals surface area contributed by atoms with Crippen LogP contribution < -0.4 is 0 Å². The van der Waals surface area contributed by atoms with Crippen molar-refractivity contribution in [2.24, 2.45) is 11.8 Å². The van der Waals surface area contributed by atoms with Crippen LogP contribution in [0, 0.1) is 18.8 Å². The topological polar surface area (TPSA) is 52.6 Å². The Balaban J connectivity index is 2.83. The lowest BCUT2D eigenvalue weighted by molar-refractivity contribution is -0.150. The van der Waals surface area contributed by atoms with Gasteiger partial charge in [-0.25, -0.2) is 0 Å². The maximum atomic E-state index is 12.1. The molecule has 4 nitrogen and oxygen atoms in total. The molecule has 0 N–H and O–H groups in total. The van der Waals surface area contributed by atoms with Gasteiger partial charge in [0.15, 0.2) is 0 Å². The molecular formula is C19H28O4. The molecular weight excluding hydrogens is 292 g/mol. The molecule has 0 saturated carbocycles. The second kappa shape index (κ2) is 9.33. The van der Waals surface area contributed by atoms with Gasteiger partial charge < -0.3 is 9.47 Å². The third-order valence-corrected chi connectivity index (χ3v) is 4.42. The van der Waals surface area contributed by atoms with E-state index in [2.05, 4.69) is 31.2 Å². The summed E-state index contributed by atoms with van der Waals surface area (Å²) in [4.78, 5) is 23.9. The second-order valence-electron chi connectivity index (χ2n) is 6.13. The van der Waals surface area contributed by atoms with Gasteiger partial charge in [-0.05, 0) is 37.7 Å². The number of benzene rings is 1. The standard InChI is InChI=1S/C19H28O4/c1-6-15(18(20)22-4)12-17(19(21)23-5)11-14(3)16-9-7-13(2)8-10-16/h7-10,14-15,17H,6,11-12H2,1-5H3. The van der Waals surface area contributed by atoms with E-state index in [1.54, 1.807) is 0 Å². The van der Waals surface area contributed by atoms with Gasteiger partial charge in [-0.1, -0.05) is 43.7 Å². The van der Waals surface area contributed by atoms with Crippen LogP contribution in [-0.2, 0) is 19.1 Å². The molecule has 0 saturated heterocycles. The van der Waals surface area contributed by atoms with E-state index in [1.807, 2.05) is 13.8 Å². The van der Waals surface area contributed by atoms with Gasteiger partial charge in [0, 0.05) is 0 Å². The van der Waals surface area contributed by atoms with Gasteiger partial charge >= 0.3 is 11.9 Å². The minimum absolute atomic E-state index is 0.217. The number of aryl methyl sites for hydroxylation is 1. The van der Waals surface area contributed by atoms with Crippen molar-refractivity contribution in [2.45, 2.75) is 46.0 Å². The van der Waals surface area contributed by atoms with Gasteiger partial charge in [-0.3, -0.25) is 9.59 Å². The largest absolute Gasteiger partial charge is 0.469 e. The summed E-state index contributed by atoms with van der Waals surface area (Å²) in [6, 6.07) is 8.32. The second-order valence-corrected chi connectivity index (χ2v) is 6.13. The number of carbonyl (C=O) groups is 2. The van der Waals surface area contributed by atoms with E-state index in [1.165, 1.54) is 25.3 Å². The van der Waals surface area contributed by atoms with E-state index in [0.29, 0.717) is 19.3 Å². The molecule has 0 aromatic heterocycles. The molecule has 3 atom stereocenters. The van der Waals surface area contributed by atoms with Gasteiger partial charge in [-0.2, -0.15) is 0 Å². The zero-order valence-electron chi connectivity index (χ0n) is 14.8. The molecule has 0 fully saturated rings. The Bertz CT molecular complexity index is 507. The minimum atomic E-state index is -0.305. The summed E-state index contributed by atoms with van der Waals surface area (Å²) in [5, 5.41) is 0. The van der Waals surface area contributed by atoms with E-state index < -0.39 is 0 Å². The monoisotopic (exact) mass is 320 g/mol. The Morgan fingerprint density at radius 3 is 1.96 bits per heavy atom. The van der Waals surface area contributed by atoms with Crippen LogP contribution in [0.3, 0.4) is 0 Å². The highest BCUT2D eigenvalue weighted by atomic mass is 16.5. The number of esters is 2. The predicted octanol–water partition coefficient (Wildman–Crippen LogP) is 3.87. The lowest BCUT2D eigenvalue weighted by Crippen LogP contribution is -2.25. The lowest BCUT2D eigenvalue weighted by Gasteiger charge is -2.22. The summed E-state index contributed by atoms with van der Waals surface area (Å²) in [6.45, 7) is 6.08. The van der Waals surface area contributed by atoms with Gasteiger partial charge in [-0.15, -0.1) is 0 Å². The molecule has 0 amide bonds. The SMILES string of the molecule is CCC(CC(CC(C)c1ccc(C)cc1)C(=O)OC)C(=O)OC. The third kappa shape index (κ3) is 5.70. The molecule has 0 bridgehead atoms. The van der Waals surface area contributed by atoms with Gasteiger partial charge in [0.1, 0.15) is 0 Å². The predicted molar refractivity (Wildman–Crippen MR) is 90.1 cm³/mol. The van der Waals surface area contributed by atoms with Crippen molar-refractivity contribution in [3.05, 3.63) is 35.4 Å². The van der Waals surface area contributed by atoms with Crippen LogP contribution in [0.5, 0.6) is 0 Å². The van der Waals surface area contributed by atoms with E-state index in [9.17, 15) is 9.59 Å². The Morgan fingerprint density at radius 2 is 1.48 bits per heavy atom. The fourth-order valence-electron chi connectivity index (χ4n) is 2.85. The molecule has 23 heavy (non-hydrogen) atoms. The molecule has 0 aliphatic rings. The Morgan fingerprint density at radius 1 is 0.957 bits per heavy atom. The summed E-state index contributed by atoms with van der Waals surface area (Å²) >= 11 is 0. The average molecular weight is 320 g/mol. The maximum absolute atomic E-state index is 12.1. The Hall–Kier alpha value is -1.84. The van der Waals surface area contributed by atoms with Crippen molar-refractivity contribution >= 4 is 11.9 Å². The van der Waals surface area contributed by atoms with Crippen LogP contribution in [0.2, 0.25) is 0 Å². The summed E-state index contributed by atoms with van der Waals surface area (Å²) < 4.78 is 9.77. The highest BCUT2D eigenvalue weighted by Crippen LogP contribution is 2.29. The number of ether oxygens (including phenoxy) is 2. The summed E-state index contributed by atoms with van der Waals surface area (Å²) in [7, 11) is 2.78. The zero-order valence-corrected chi connectivity index (χ0v) is 14.8. The quantitative estimate of drug-likeness (QED) is 0.682. The number of hydrogen-bond acceptors (Lipinski definition) is 4. The summed E-state index contributed by atoms with van der Waals surface area (Å²) in [5.74, 6) is -0.875. The number of rotatable bonds is 8. The summed E-state index contributed by atoms with van der Waals surface area (Å²) in [5.41, 5.74) is 2.40. The van der Waals surface area contributed by atoms with Crippen molar-refractivity contribution in [1.29, 1.82) is 0 Å². The van der Waals surface area contributed by atoms with Crippen LogP contribution >= 0.6 is 0 Å². The Kier molecular flexibility index (Phi) is 7.79. The molecule has 128 valence electrons. The molecule has 1 aromatic carbocycles. The fraction of sp³-hybridized carbons (Fsp3) is 0.579. The number of carbonyl (C=O) groups excluding carboxylic acids is 2. The van der Waals surface area contributed by atoms with Gasteiger partial charge in [0.2, 0.25) is 0 Å². The van der Waals surface area contributed by atoms with Crippen LogP contribution in [-0.4, -0.2) is 26.2 Å². The normalized spacial score (nSPS) is 14.7. The zero-order chi connectivity index (χ0) is 17.4. The average Bonchev–Trinajstić information content (AvgIpc) is 2.57. The van der Waals surface area contributed by atoms with Gasteiger partial charge in [0.25, 0.3) is 0 Å². The molecule has 3 unspecified atom stereocenters. The lowest BCUT2D eigenvalue weighted by atomic mass is 9.84. The first-order valence-electron chi connectivity index (χ1n) is 8.15. The Labute approximate surface area is 139 Å². The van der Waals surface area contributed by atoms with E-state index in [4.69, 9.17) is 9.47 Å². The first-order valence-corrected chi connectivity index (χ1v) is 8.15. The first-order chi connectivity index (χ1) is 10.9. The van der Waals surface area contributed by atoms with Crippen molar-refractivity contribution in [2.75, 3.05) is 14.2 Å². The van der Waals surface area contributed by atoms with Crippen LogP contribution in [0.25, 0.3) is 0 Å². The van der Waals surface area contributed by atoms with Crippen molar-refractivity contribution in [3.63, 3.8) is 0 Å². The maximum Gasteiger partial charge on any atom is 0.308 e. The number of hydrogen-bond donors (Lipinski definition) is 0. The molecule has 0 heterocycles. The van der Waals surface area contributed by atoms with Crippen LogP contribution in [0.15, 0.2) is 24.3 Å². The van der Waals surface area contributed by atoms with Crippen molar-refractivity contribution < 1.29 is 19.1 Å². The smallest absolute Gasteiger partial charge is 0.308 e. The van der Waals surface area contributed by atoms with Crippen LogP contribution in [0.1, 0.15) is 50.2 Å². The molecule has 0 aliphatic carbocycles. The van der Waals surface area contributed by atoms with E-state index in [-0.39, 0.29) is 29.7 Å². The van der Waals surface area contributed by atoms with Crippen molar-refractivity contribution in [3.8, 4) is 0 Å². The first kappa shape index (κ1) is 19.2. The van der Waals surface area contributed by atoms with E-state index in [0.717, 1.165) is 0 Å². The fourth-order valence-corrected chi connectivity index (χ4v) is 2.85. The van der Waals surface area contributed by atoms with E-state index >= 15 is 0 Å². The highest BCUT2D eigenvalue weighted by Gasteiger charge is 2.29. The molecule has 0 spiro atoms. The molecule has 1 aromatic rings. The minimum Gasteiger partial charge on any atom is -0.469 e. The molecule has 0 radical (unpaired) electrons. The number of methoxy groups -OCH3 is 2. The molecule has 4 heteroatoms. The van der Waals surface area contributed by atoms with Crippen molar-refractivity contribution in [1.82, 2.24) is 0 Å². The van der Waals surface area contributed by atoms with Crippen LogP contribution in [0.4, 0.5) is 0 Å².